The van der Waals surface area contributed by atoms with E-state index < -0.39 is 17.5 Å². The lowest BCUT2D eigenvalue weighted by atomic mass is 9.74. The van der Waals surface area contributed by atoms with Gasteiger partial charge in [-0.25, -0.2) is 13.2 Å². The highest BCUT2D eigenvalue weighted by Gasteiger charge is 2.33. The van der Waals surface area contributed by atoms with Crippen molar-refractivity contribution in [2.24, 2.45) is 11.3 Å². The molecule has 0 radical (unpaired) electrons. The van der Waals surface area contributed by atoms with Gasteiger partial charge in [0.15, 0.2) is 11.6 Å². The summed E-state index contributed by atoms with van der Waals surface area (Å²) in [5.74, 6) is -2.89. The Morgan fingerprint density at radius 3 is 1.70 bits per heavy atom. The fourth-order valence-corrected chi connectivity index (χ4v) is 3.35. The molecule has 1 aromatic carbocycles. The fourth-order valence-electron chi connectivity index (χ4n) is 3.35. The highest BCUT2D eigenvalue weighted by Crippen LogP contribution is 2.42. The average molecular weight is 328 g/mol. The van der Waals surface area contributed by atoms with Crippen LogP contribution < -0.4 is 0 Å². The molecule has 0 saturated carbocycles. The van der Waals surface area contributed by atoms with E-state index in [1.807, 2.05) is 48.5 Å². The monoisotopic (exact) mass is 328 g/mol. The van der Waals surface area contributed by atoms with Gasteiger partial charge in [0.1, 0.15) is 5.82 Å². The van der Waals surface area contributed by atoms with Crippen LogP contribution in [-0.2, 0) is 6.42 Å². The molecule has 23 heavy (non-hydrogen) atoms. The average Bonchev–Trinajstić information content (AvgIpc) is 2.39. The molecule has 0 aliphatic carbocycles. The lowest BCUT2D eigenvalue weighted by Gasteiger charge is -2.31. The van der Waals surface area contributed by atoms with Crippen molar-refractivity contribution in [3.05, 3.63) is 34.1 Å². The summed E-state index contributed by atoms with van der Waals surface area (Å²) in [6, 6.07) is 0. The normalized spacial score (nSPS) is 14.0. The predicted octanol–water partition coefficient (Wildman–Crippen LogP) is 6.97. The Hall–Kier alpha value is -0.990. The molecule has 1 rings (SSSR count). The number of benzene rings is 1. The summed E-state index contributed by atoms with van der Waals surface area (Å²) in [5, 5.41) is 0. The second-order valence-electron chi connectivity index (χ2n) is 8.37. The number of hydrogen-bond donors (Lipinski definition) is 0. The molecule has 1 atom stereocenters. The lowest BCUT2D eigenvalue weighted by Crippen LogP contribution is -2.21. The van der Waals surface area contributed by atoms with E-state index in [1.54, 1.807) is 6.92 Å². The third kappa shape index (κ3) is 4.30. The van der Waals surface area contributed by atoms with Crippen LogP contribution in [0.3, 0.4) is 0 Å². The molecular weight excluding hydrogens is 297 g/mol. The summed E-state index contributed by atoms with van der Waals surface area (Å²) in [5.41, 5.74) is 0.359. The van der Waals surface area contributed by atoms with E-state index in [9.17, 15) is 8.78 Å². The van der Waals surface area contributed by atoms with E-state index in [1.165, 1.54) is 0 Å². The Kier molecular flexibility index (Phi) is 6.34. The molecule has 1 unspecified atom stereocenters. The molecular formula is C20H31F3. The van der Waals surface area contributed by atoms with Crippen LogP contribution in [0.4, 0.5) is 13.2 Å². The van der Waals surface area contributed by atoms with E-state index in [0.29, 0.717) is 18.4 Å². The van der Waals surface area contributed by atoms with Gasteiger partial charge in [-0.15, -0.1) is 0 Å². The van der Waals surface area contributed by atoms with Gasteiger partial charge < -0.3 is 0 Å². The number of rotatable bonds is 5. The van der Waals surface area contributed by atoms with Crippen LogP contribution in [0.5, 0.6) is 0 Å². The second kappa shape index (κ2) is 7.27. The highest BCUT2D eigenvalue weighted by atomic mass is 19.2. The van der Waals surface area contributed by atoms with Crippen LogP contribution in [0.25, 0.3) is 0 Å². The molecule has 0 heterocycles. The zero-order chi connectivity index (χ0) is 18.1. The van der Waals surface area contributed by atoms with Crippen molar-refractivity contribution in [3.63, 3.8) is 0 Å². The minimum absolute atomic E-state index is 0.0325. The van der Waals surface area contributed by atoms with Crippen LogP contribution in [0.2, 0.25) is 0 Å². The zero-order valence-corrected chi connectivity index (χ0v) is 15.8. The van der Waals surface area contributed by atoms with Crippen LogP contribution >= 0.6 is 0 Å². The van der Waals surface area contributed by atoms with Gasteiger partial charge in [-0.3, -0.25) is 0 Å². The number of hydrogen-bond acceptors (Lipinski definition) is 0. The summed E-state index contributed by atoms with van der Waals surface area (Å²) < 4.78 is 44.5. The smallest absolute Gasteiger partial charge is 0.165 e. The van der Waals surface area contributed by atoms with Crippen molar-refractivity contribution in [2.75, 3.05) is 0 Å². The molecule has 0 spiro atoms. The summed E-state index contributed by atoms with van der Waals surface area (Å²) in [6.07, 6.45) is 0.903. The van der Waals surface area contributed by atoms with E-state index in [-0.39, 0.29) is 34.3 Å². The van der Waals surface area contributed by atoms with E-state index in [0.717, 1.165) is 0 Å². The van der Waals surface area contributed by atoms with Gasteiger partial charge in [-0.05, 0) is 47.1 Å². The van der Waals surface area contributed by atoms with Crippen LogP contribution in [0.1, 0.15) is 90.3 Å². The third-order valence-corrected chi connectivity index (χ3v) is 4.43. The molecule has 0 aromatic heterocycles. The Morgan fingerprint density at radius 1 is 0.826 bits per heavy atom. The van der Waals surface area contributed by atoms with Crippen molar-refractivity contribution < 1.29 is 13.2 Å². The van der Waals surface area contributed by atoms with Crippen molar-refractivity contribution >= 4 is 0 Å². The predicted molar refractivity (Wildman–Crippen MR) is 91.4 cm³/mol. The van der Waals surface area contributed by atoms with Crippen LogP contribution in [0.15, 0.2) is 0 Å². The Balaban J connectivity index is 3.68. The van der Waals surface area contributed by atoms with Crippen molar-refractivity contribution in [2.45, 2.75) is 80.1 Å². The lowest BCUT2D eigenvalue weighted by molar-refractivity contribution is 0.287. The van der Waals surface area contributed by atoms with Crippen LogP contribution in [0, 0.1) is 28.8 Å². The van der Waals surface area contributed by atoms with Gasteiger partial charge in [0.2, 0.25) is 0 Å². The first-order valence-corrected chi connectivity index (χ1v) is 8.61. The van der Waals surface area contributed by atoms with Gasteiger partial charge in [-0.1, -0.05) is 55.4 Å². The minimum atomic E-state index is -0.994. The fraction of sp³-hybridized carbons (Fsp3) is 0.700. The van der Waals surface area contributed by atoms with Crippen molar-refractivity contribution in [3.8, 4) is 0 Å². The van der Waals surface area contributed by atoms with Gasteiger partial charge >= 0.3 is 0 Å². The molecule has 0 saturated heterocycles. The molecule has 132 valence electrons. The largest absolute Gasteiger partial charge is 0.206 e. The van der Waals surface area contributed by atoms with Crippen LogP contribution in [-0.4, -0.2) is 0 Å². The van der Waals surface area contributed by atoms with Gasteiger partial charge in [-0.2, -0.15) is 0 Å². The maximum absolute atomic E-state index is 15.2. The Labute approximate surface area is 139 Å². The molecule has 0 bridgehead atoms. The molecule has 3 heteroatoms. The van der Waals surface area contributed by atoms with E-state index in [2.05, 4.69) is 0 Å². The SMILES string of the molecule is CCc1c(F)c(F)c(C(CC(C)(C)C)C(C)C)c(F)c1C(C)C. The first kappa shape index (κ1) is 20.1. The molecule has 0 nitrogen and oxygen atoms in total. The Morgan fingerprint density at radius 2 is 1.35 bits per heavy atom. The van der Waals surface area contributed by atoms with Crippen molar-refractivity contribution in [1.29, 1.82) is 0 Å². The third-order valence-electron chi connectivity index (χ3n) is 4.43. The molecule has 0 fully saturated rings. The first-order valence-electron chi connectivity index (χ1n) is 8.61. The second-order valence-corrected chi connectivity index (χ2v) is 8.37. The molecule has 0 N–H and O–H groups in total. The van der Waals surface area contributed by atoms with Gasteiger partial charge in [0.25, 0.3) is 0 Å². The minimum Gasteiger partial charge on any atom is -0.206 e. The molecule has 1 aromatic rings. The van der Waals surface area contributed by atoms with E-state index in [4.69, 9.17) is 0 Å². The van der Waals surface area contributed by atoms with Gasteiger partial charge in [0, 0.05) is 5.56 Å². The summed E-state index contributed by atoms with van der Waals surface area (Å²) in [6.45, 7) is 15.4. The molecule has 0 aliphatic heterocycles. The first-order chi connectivity index (χ1) is 10.4. The maximum Gasteiger partial charge on any atom is 0.165 e. The summed E-state index contributed by atoms with van der Waals surface area (Å²) in [4.78, 5) is 0. The zero-order valence-electron chi connectivity index (χ0n) is 15.8. The highest BCUT2D eigenvalue weighted by molar-refractivity contribution is 5.40. The standard InChI is InChI=1S/C20H31F3/c1-9-13-15(12(4)5)18(22)16(19(23)17(13)21)14(11(2)3)10-20(6,7)8/h11-12,14H,9-10H2,1-8H3. The molecule has 0 aliphatic rings. The quantitative estimate of drug-likeness (QED) is 0.512. The number of halogens is 3. The maximum atomic E-state index is 15.2. The summed E-state index contributed by atoms with van der Waals surface area (Å²) >= 11 is 0. The topological polar surface area (TPSA) is 0 Å². The van der Waals surface area contributed by atoms with Gasteiger partial charge in [0.05, 0.1) is 0 Å². The molecule has 0 amide bonds. The van der Waals surface area contributed by atoms with Crippen molar-refractivity contribution in [1.82, 2.24) is 0 Å². The Bertz CT molecular complexity index is 551. The summed E-state index contributed by atoms with van der Waals surface area (Å²) in [7, 11) is 0. The van der Waals surface area contributed by atoms with E-state index >= 15 is 4.39 Å².